The highest BCUT2D eigenvalue weighted by Gasteiger charge is 2.24. The van der Waals surface area contributed by atoms with Crippen LogP contribution in [-0.2, 0) is 22.7 Å². The number of aliphatic hydroxyl groups excluding tert-OH is 1. The minimum Gasteiger partial charge on any atom is -0.462 e. The molecule has 25 heavy (non-hydrogen) atoms. The van der Waals surface area contributed by atoms with Crippen LogP contribution in [0, 0.1) is 11.3 Å². The molecule has 7 nitrogen and oxygen atoms in total. The van der Waals surface area contributed by atoms with E-state index in [0.29, 0.717) is 5.56 Å². The van der Waals surface area contributed by atoms with Gasteiger partial charge in [0.1, 0.15) is 22.6 Å². The Morgan fingerprint density at radius 3 is 2.48 bits per heavy atom. The highest BCUT2D eigenvalue weighted by atomic mass is 32.1. The van der Waals surface area contributed by atoms with Crippen molar-refractivity contribution in [3.63, 3.8) is 0 Å². The van der Waals surface area contributed by atoms with E-state index < -0.39 is 11.9 Å². The van der Waals surface area contributed by atoms with Crippen molar-refractivity contribution in [3.05, 3.63) is 51.4 Å². The summed E-state index contributed by atoms with van der Waals surface area (Å²) in [5, 5.41) is 18.4. The summed E-state index contributed by atoms with van der Waals surface area (Å²) in [6, 6.07) is 8.16. The zero-order valence-corrected chi connectivity index (χ0v) is 14.3. The van der Waals surface area contributed by atoms with Crippen LogP contribution in [0.4, 0.5) is 5.00 Å². The third kappa shape index (κ3) is 4.15. The fourth-order valence-corrected chi connectivity index (χ4v) is 2.99. The second kappa shape index (κ2) is 8.28. The number of rotatable bonds is 6. The van der Waals surface area contributed by atoms with Gasteiger partial charge in [0.2, 0.25) is 0 Å². The van der Waals surface area contributed by atoms with Crippen LogP contribution < -0.4 is 5.73 Å². The molecule has 1 aromatic carbocycles. The van der Waals surface area contributed by atoms with Crippen LogP contribution >= 0.6 is 11.3 Å². The van der Waals surface area contributed by atoms with Crippen LogP contribution in [0.25, 0.3) is 0 Å². The largest absolute Gasteiger partial charge is 0.462 e. The average Bonchev–Trinajstić information content (AvgIpc) is 2.95. The summed E-state index contributed by atoms with van der Waals surface area (Å²) < 4.78 is 10.1. The number of benzene rings is 1. The number of anilines is 1. The molecule has 0 aliphatic heterocycles. The van der Waals surface area contributed by atoms with Crippen molar-refractivity contribution >= 4 is 28.3 Å². The molecule has 0 aliphatic carbocycles. The maximum atomic E-state index is 12.1. The van der Waals surface area contributed by atoms with Crippen molar-refractivity contribution in [2.75, 3.05) is 12.3 Å². The quantitative estimate of drug-likeness (QED) is 0.757. The Morgan fingerprint density at radius 1 is 1.24 bits per heavy atom. The molecule has 1 aromatic heterocycles. The van der Waals surface area contributed by atoms with E-state index in [4.69, 9.17) is 20.3 Å². The minimum absolute atomic E-state index is 0.108. The van der Waals surface area contributed by atoms with Gasteiger partial charge in [-0.1, -0.05) is 12.1 Å². The van der Waals surface area contributed by atoms with Gasteiger partial charge in [-0.2, -0.15) is 5.26 Å². The predicted octanol–water partition coefficient (Wildman–Crippen LogP) is 2.23. The molecule has 3 N–H and O–H groups in total. The number of nitrogen functional groups attached to an aromatic ring is 1. The smallest absolute Gasteiger partial charge is 0.348 e. The number of carbonyl (C=O) groups is 2. The third-order valence-electron chi connectivity index (χ3n) is 3.33. The number of hydrogen-bond acceptors (Lipinski definition) is 8. The molecule has 0 spiro atoms. The number of ether oxygens (including phenoxy) is 2. The summed E-state index contributed by atoms with van der Waals surface area (Å²) in [5.74, 6) is -1.23. The monoisotopic (exact) mass is 360 g/mol. The van der Waals surface area contributed by atoms with Crippen molar-refractivity contribution in [2.45, 2.75) is 20.1 Å². The van der Waals surface area contributed by atoms with Crippen LogP contribution in [0.2, 0.25) is 0 Å². The van der Waals surface area contributed by atoms with E-state index >= 15 is 0 Å². The number of hydrogen-bond donors (Lipinski definition) is 2. The van der Waals surface area contributed by atoms with Gasteiger partial charge in [-0.15, -0.1) is 11.3 Å². The Bertz CT molecular complexity index is 821. The number of nitrogens with two attached hydrogens (primary N) is 1. The fourth-order valence-electron chi connectivity index (χ4n) is 2.07. The average molecular weight is 360 g/mol. The second-order valence-electron chi connectivity index (χ2n) is 4.91. The van der Waals surface area contributed by atoms with Gasteiger partial charge >= 0.3 is 11.9 Å². The van der Waals surface area contributed by atoms with Gasteiger partial charge in [-0.05, 0) is 24.6 Å². The number of carbonyl (C=O) groups excluding carboxylic acids is 2. The zero-order chi connectivity index (χ0) is 18.4. The summed E-state index contributed by atoms with van der Waals surface area (Å²) >= 11 is 0.928. The maximum Gasteiger partial charge on any atom is 0.348 e. The van der Waals surface area contributed by atoms with Crippen LogP contribution in [-0.4, -0.2) is 23.7 Å². The Morgan fingerprint density at radius 2 is 1.92 bits per heavy atom. The molecule has 0 unspecified atom stereocenters. The lowest BCUT2D eigenvalue weighted by Crippen LogP contribution is -2.10. The molecule has 2 rings (SSSR count). The maximum absolute atomic E-state index is 12.1. The van der Waals surface area contributed by atoms with E-state index in [2.05, 4.69) is 0 Å². The molecular weight excluding hydrogens is 344 g/mol. The highest BCUT2D eigenvalue weighted by molar-refractivity contribution is 7.18. The van der Waals surface area contributed by atoms with Crippen LogP contribution in [0.1, 0.15) is 43.6 Å². The second-order valence-corrected chi connectivity index (χ2v) is 5.96. The molecule has 0 aliphatic rings. The number of nitrogens with zero attached hydrogens (tertiary/aromatic N) is 1. The molecule has 0 fully saturated rings. The SMILES string of the molecule is CCOC(=O)c1sc(N)c(C#N)c1COC(=O)c1ccc(CO)cc1. The van der Waals surface area contributed by atoms with Crippen LogP contribution in [0.15, 0.2) is 24.3 Å². The number of nitriles is 1. The summed E-state index contributed by atoms with van der Waals surface area (Å²) in [6.07, 6.45) is 0. The Balaban J connectivity index is 2.20. The number of esters is 2. The van der Waals surface area contributed by atoms with Crippen LogP contribution in [0.5, 0.6) is 0 Å². The number of aliphatic hydroxyl groups is 1. The summed E-state index contributed by atoms with van der Waals surface area (Å²) in [6.45, 7) is 1.44. The van der Waals surface area contributed by atoms with Gasteiger partial charge in [0.15, 0.2) is 0 Å². The minimum atomic E-state index is -0.618. The zero-order valence-electron chi connectivity index (χ0n) is 13.4. The van der Waals surface area contributed by atoms with E-state index in [1.54, 1.807) is 19.1 Å². The molecule has 0 saturated carbocycles. The van der Waals surface area contributed by atoms with E-state index in [-0.39, 0.29) is 46.4 Å². The lowest BCUT2D eigenvalue weighted by atomic mass is 10.1. The van der Waals surface area contributed by atoms with Crippen LogP contribution in [0.3, 0.4) is 0 Å². The molecule has 0 saturated heterocycles. The topological polar surface area (TPSA) is 123 Å². The van der Waals surface area contributed by atoms with Gasteiger partial charge in [-0.3, -0.25) is 0 Å². The summed E-state index contributed by atoms with van der Waals surface area (Å²) in [5.41, 5.74) is 7.06. The van der Waals surface area contributed by atoms with Crippen molar-refractivity contribution < 1.29 is 24.2 Å². The normalized spacial score (nSPS) is 10.1. The van der Waals surface area contributed by atoms with E-state index in [0.717, 1.165) is 11.3 Å². The molecule has 8 heteroatoms. The Labute approximate surface area is 148 Å². The lowest BCUT2D eigenvalue weighted by molar-refractivity contribution is 0.0452. The van der Waals surface area contributed by atoms with E-state index in [1.807, 2.05) is 6.07 Å². The van der Waals surface area contributed by atoms with Gasteiger partial charge < -0.3 is 20.3 Å². The lowest BCUT2D eigenvalue weighted by Gasteiger charge is -2.07. The first-order chi connectivity index (χ1) is 12.0. The molecule has 0 bridgehead atoms. The molecule has 2 aromatic rings. The highest BCUT2D eigenvalue weighted by Crippen LogP contribution is 2.32. The molecule has 0 atom stereocenters. The van der Waals surface area contributed by atoms with Crippen molar-refractivity contribution in [1.82, 2.24) is 0 Å². The predicted molar refractivity (Wildman–Crippen MR) is 90.9 cm³/mol. The Hall–Kier alpha value is -2.89. The molecule has 0 amide bonds. The van der Waals surface area contributed by atoms with Gasteiger partial charge in [0, 0.05) is 5.56 Å². The first-order valence-corrected chi connectivity index (χ1v) is 8.18. The van der Waals surface area contributed by atoms with Gasteiger partial charge in [0.05, 0.1) is 24.3 Å². The Kier molecular flexibility index (Phi) is 6.11. The fraction of sp³-hybridized carbons (Fsp3) is 0.235. The van der Waals surface area contributed by atoms with E-state index in [1.165, 1.54) is 12.1 Å². The van der Waals surface area contributed by atoms with Crippen molar-refractivity contribution in [1.29, 1.82) is 5.26 Å². The first kappa shape index (κ1) is 18.4. The van der Waals surface area contributed by atoms with Gasteiger partial charge in [0.25, 0.3) is 0 Å². The first-order valence-electron chi connectivity index (χ1n) is 7.37. The number of thiophene rings is 1. The van der Waals surface area contributed by atoms with Crippen molar-refractivity contribution in [3.8, 4) is 6.07 Å². The standard InChI is InChI=1S/C17H16N2O5S/c1-2-23-17(22)14-13(12(7-18)15(19)25-14)9-24-16(21)11-5-3-10(8-20)4-6-11/h3-6,20H,2,8-9,19H2,1H3. The summed E-state index contributed by atoms with van der Waals surface area (Å²) in [7, 11) is 0. The molecule has 130 valence electrons. The summed E-state index contributed by atoms with van der Waals surface area (Å²) in [4.78, 5) is 24.3. The molecule has 1 heterocycles. The van der Waals surface area contributed by atoms with E-state index in [9.17, 15) is 14.9 Å². The molecule has 0 radical (unpaired) electrons. The van der Waals surface area contributed by atoms with Crippen molar-refractivity contribution in [2.24, 2.45) is 0 Å². The third-order valence-corrected chi connectivity index (χ3v) is 4.37. The van der Waals surface area contributed by atoms with Gasteiger partial charge in [-0.25, -0.2) is 9.59 Å². The molecular formula is C17H16N2O5S.